The van der Waals surface area contributed by atoms with Crippen molar-refractivity contribution in [2.45, 2.75) is 38.0 Å². The molecule has 1 heterocycles. The van der Waals surface area contributed by atoms with Crippen LogP contribution in [0.4, 0.5) is 11.4 Å². The zero-order valence-electron chi connectivity index (χ0n) is 41.9. The third-order valence-corrected chi connectivity index (χ3v) is 15.8. The molecule has 2 atom stereocenters. The molecule has 74 heavy (non-hydrogen) atoms. The van der Waals surface area contributed by atoms with E-state index in [-0.39, 0.29) is 11.3 Å². The number of benzene rings is 7. The van der Waals surface area contributed by atoms with Crippen LogP contribution in [0.1, 0.15) is 60.6 Å². The first-order valence-corrected chi connectivity index (χ1v) is 25.4. The summed E-state index contributed by atoms with van der Waals surface area (Å²) in [6, 6.07) is 64.6. The van der Waals surface area contributed by atoms with E-state index in [0.29, 0.717) is 28.3 Å². The van der Waals surface area contributed by atoms with Gasteiger partial charge in [-0.15, -0.1) is 0 Å². The standard InChI is InChI=1S/C68H50B4NO/c1-5-6-10-31-58(44-21-11-7-12-22-44)73(49-37-39-51-50-27-17-19-29-54(50)67(3,4)56(51)41-49)48-35-32-43(33-36-48)47-34-38-53-57(40-47)68(66(72)60(53)63(71)62(70)42(2)69)55-30-20-18-28-52(55)59-61(68)65(46-25-15-9-16-26-46)74-64(59)45-23-13-8-14-24-45/h5-37,39-41,53H,1,38H2,2-4H3/b10-6-,58-31+,62-42-,63-60+. The minimum atomic E-state index is -0.966. The summed E-state index contributed by atoms with van der Waals surface area (Å²) in [5.74, 6) is 1.35. The van der Waals surface area contributed by atoms with E-state index in [2.05, 4.69) is 219 Å². The molecule has 0 bridgehead atoms. The molecule has 12 rings (SSSR count). The van der Waals surface area contributed by atoms with Gasteiger partial charge in [-0.2, -0.15) is 0 Å². The molecule has 0 N–H and O–H groups in total. The number of hydrogen-bond donors (Lipinski definition) is 0. The number of furan rings is 1. The van der Waals surface area contributed by atoms with Gasteiger partial charge in [0.1, 0.15) is 0 Å². The van der Waals surface area contributed by atoms with Crippen LogP contribution in [-0.2, 0) is 10.8 Å². The molecule has 1 spiro atoms. The normalized spacial score (nSPS) is 19.0. The average molecular weight is 940 g/mol. The third-order valence-electron chi connectivity index (χ3n) is 15.8. The van der Waals surface area contributed by atoms with Crippen molar-refractivity contribution >= 4 is 59.1 Å². The van der Waals surface area contributed by atoms with Crippen molar-refractivity contribution in [2.24, 2.45) is 5.92 Å². The maximum atomic E-state index is 7.86. The van der Waals surface area contributed by atoms with E-state index in [1.54, 1.807) is 6.92 Å². The van der Waals surface area contributed by atoms with E-state index in [1.807, 2.05) is 24.3 Å². The SMILES string of the molecule is [B]/C(C)=C([B])/C([B])=C1\C(=[B])C2(C3=CC(c4ccc(N(/C(=C/C=C\C=C)c5ccccc5)c5ccc6c(c5)C(C)(C)c5ccccc5-6)cc4)=CCC31)c1ccccc1-c1c(-c3ccccc3)oc(-c3ccccc3)c12. The number of rotatable bonds is 10. The fraction of sp³-hybridized carbons (Fsp3) is 0.103. The molecule has 7 radical (unpaired) electrons. The predicted molar refractivity (Wildman–Crippen MR) is 314 cm³/mol. The Balaban J connectivity index is 1.05. The Morgan fingerprint density at radius 3 is 1.91 bits per heavy atom. The van der Waals surface area contributed by atoms with Crippen LogP contribution in [0.25, 0.3) is 56.2 Å². The Labute approximate surface area is 440 Å². The first kappa shape index (κ1) is 47.0. The topological polar surface area (TPSA) is 16.4 Å². The molecule has 0 saturated heterocycles. The quantitative estimate of drug-likeness (QED) is 0.100. The van der Waals surface area contributed by atoms with Crippen molar-refractivity contribution in [3.05, 3.63) is 286 Å². The summed E-state index contributed by atoms with van der Waals surface area (Å²) in [5, 5.41) is 0. The fourth-order valence-electron chi connectivity index (χ4n) is 12.3. The van der Waals surface area contributed by atoms with E-state index < -0.39 is 5.41 Å². The van der Waals surface area contributed by atoms with Gasteiger partial charge in [-0.1, -0.05) is 99.3 Å². The van der Waals surface area contributed by atoms with Crippen molar-refractivity contribution in [3.63, 3.8) is 0 Å². The molecule has 1 aromatic heterocycles. The van der Waals surface area contributed by atoms with Crippen LogP contribution < -0.4 is 4.90 Å². The van der Waals surface area contributed by atoms with Crippen LogP contribution in [0.3, 0.4) is 0 Å². The summed E-state index contributed by atoms with van der Waals surface area (Å²) in [4.78, 5) is 2.37. The van der Waals surface area contributed by atoms with Gasteiger partial charge in [-0.25, -0.2) is 0 Å². The van der Waals surface area contributed by atoms with Crippen molar-refractivity contribution in [1.29, 1.82) is 0 Å². The number of nitrogens with zero attached hydrogens (tertiary/aromatic N) is 1. The molecule has 345 valence electrons. The molecule has 0 amide bonds. The molecule has 1 saturated carbocycles. The van der Waals surface area contributed by atoms with E-state index in [0.717, 1.165) is 89.8 Å². The molecule has 6 heteroatoms. The zero-order chi connectivity index (χ0) is 50.9. The van der Waals surface area contributed by atoms with Crippen LogP contribution >= 0.6 is 0 Å². The Kier molecular flexibility index (Phi) is 11.7. The summed E-state index contributed by atoms with van der Waals surface area (Å²) in [6.45, 7) is 10.4. The predicted octanol–water partition coefficient (Wildman–Crippen LogP) is 15.5. The van der Waals surface area contributed by atoms with Crippen molar-refractivity contribution in [2.75, 3.05) is 4.90 Å². The van der Waals surface area contributed by atoms with Crippen LogP contribution in [0.2, 0.25) is 0 Å². The summed E-state index contributed by atoms with van der Waals surface area (Å²) in [7, 11) is 28.3. The van der Waals surface area contributed by atoms with E-state index in [4.69, 9.17) is 35.4 Å². The van der Waals surface area contributed by atoms with Gasteiger partial charge >= 0.3 is 316 Å². The van der Waals surface area contributed by atoms with Crippen LogP contribution in [0.15, 0.2) is 257 Å². The van der Waals surface area contributed by atoms with Crippen molar-refractivity contribution < 1.29 is 4.42 Å². The second-order valence-corrected chi connectivity index (χ2v) is 20.2. The molecule has 0 aliphatic heterocycles. The van der Waals surface area contributed by atoms with Gasteiger partial charge in [0.05, 0.1) is 0 Å². The van der Waals surface area contributed by atoms with Gasteiger partial charge in [0, 0.05) is 5.41 Å². The number of fused-ring (bicyclic) bond motifs is 10. The van der Waals surface area contributed by atoms with Crippen LogP contribution in [0.5, 0.6) is 0 Å². The fourth-order valence-corrected chi connectivity index (χ4v) is 12.3. The summed E-state index contributed by atoms with van der Waals surface area (Å²) in [6.07, 6.45) is 13.3. The van der Waals surface area contributed by atoms with Crippen LogP contribution in [0, 0.1) is 5.92 Å². The summed E-state index contributed by atoms with van der Waals surface area (Å²) in [5.41, 5.74) is 20.3. The number of allylic oxidation sites excluding steroid dienone is 12. The van der Waals surface area contributed by atoms with Crippen molar-refractivity contribution in [1.82, 2.24) is 0 Å². The van der Waals surface area contributed by atoms with Crippen molar-refractivity contribution in [3.8, 4) is 44.9 Å². The maximum absolute atomic E-state index is 7.86. The Morgan fingerprint density at radius 1 is 0.635 bits per heavy atom. The van der Waals surface area contributed by atoms with Gasteiger partial charge in [-0.3, -0.25) is 0 Å². The molecule has 4 aliphatic carbocycles. The number of anilines is 2. The molecule has 2 nitrogen and oxygen atoms in total. The van der Waals surface area contributed by atoms with Gasteiger partial charge in [0.2, 0.25) is 0 Å². The molecule has 4 aliphatic rings. The van der Waals surface area contributed by atoms with Gasteiger partial charge in [-0.05, 0) is 22.3 Å². The molecular weight excluding hydrogens is 890 g/mol. The first-order chi connectivity index (χ1) is 36.0. The first-order valence-electron chi connectivity index (χ1n) is 25.4. The molecular formula is C68H50B4NO. The van der Waals surface area contributed by atoms with Gasteiger partial charge < -0.3 is 0 Å². The molecule has 1 fully saturated rings. The van der Waals surface area contributed by atoms with Crippen LogP contribution in [-0.4, -0.2) is 36.5 Å². The van der Waals surface area contributed by atoms with E-state index in [1.165, 1.54) is 22.3 Å². The molecule has 7 aromatic carbocycles. The molecule has 2 unspecified atom stereocenters. The summed E-state index contributed by atoms with van der Waals surface area (Å²) >= 11 is 0. The van der Waals surface area contributed by atoms with Gasteiger partial charge in [0.15, 0.2) is 0 Å². The summed E-state index contributed by atoms with van der Waals surface area (Å²) < 4.78 is 7.20. The molecule has 8 aromatic rings. The van der Waals surface area contributed by atoms with E-state index in [9.17, 15) is 0 Å². The Bertz CT molecular complexity index is 3790. The third kappa shape index (κ3) is 7.25. The second-order valence-electron chi connectivity index (χ2n) is 20.2. The number of hydrogen-bond acceptors (Lipinski definition) is 2. The van der Waals surface area contributed by atoms with Gasteiger partial charge in [0.25, 0.3) is 0 Å². The zero-order valence-corrected chi connectivity index (χ0v) is 41.9. The monoisotopic (exact) mass is 940 g/mol. The second kappa shape index (κ2) is 18.4. The Hall–Kier alpha value is -8.07. The minimum absolute atomic E-state index is 0.180. The Morgan fingerprint density at radius 2 is 1.23 bits per heavy atom. The van der Waals surface area contributed by atoms with E-state index >= 15 is 0 Å². The average Bonchev–Trinajstić information content (AvgIpc) is 4.24.